The van der Waals surface area contributed by atoms with Gasteiger partial charge in [0, 0.05) is 21.3 Å². The summed E-state index contributed by atoms with van der Waals surface area (Å²) in [7, 11) is 0. The third kappa shape index (κ3) is 2.81. The molecular formula is C20H20BrNO3. The second-order valence-electron chi connectivity index (χ2n) is 6.74. The number of hydrogen-bond donors (Lipinski definition) is 2. The maximum Gasteiger partial charge on any atom is 0.261 e. The molecule has 1 amide bonds. The molecule has 0 fully saturated rings. The standard InChI is InChI=1S/C20H20BrNO3/c1-10-7-11(2)13(4)18(12(10)3)17(23)9-20(25)15-8-14(21)5-6-16(15)22-19(20)24/h5-8,25H,9H2,1-4H3,(H,22,24). The summed E-state index contributed by atoms with van der Waals surface area (Å²) in [6.45, 7) is 7.72. The monoisotopic (exact) mass is 401 g/mol. The molecule has 0 aliphatic carbocycles. The molecule has 0 saturated heterocycles. The number of anilines is 1. The highest BCUT2D eigenvalue weighted by Gasteiger charge is 2.47. The van der Waals surface area contributed by atoms with Gasteiger partial charge in [0.1, 0.15) is 0 Å². The summed E-state index contributed by atoms with van der Waals surface area (Å²) in [5.41, 5.74) is 3.55. The fraction of sp³-hybridized carbons (Fsp3) is 0.300. The molecule has 0 spiro atoms. The van der Waals surface area contributed by atoms with E-state index < -0.39 is 11.5 Å². The summed E-state index contributed by atoms with van der Waals surface area (Å²) in [5, 5.41) is 13.7. The van der Waals surface area contributed by atoms with E-state index in [1.807, 2.05) is 33.8 Å². The SMILES string of the molecule is Cc1cc(C)c(C)c(C(=O)CC2(O)C(=O)Nc3ccc(Br)cc32)c1C. The van der Waals surface area contributed by atoms with Crippen LogP contribution in [0.4, 0.5) is 5.69 Å². The molecule has 1 atom stereocenters. The van der Waals surface area contributed by atoms with Crippen molar-refractivity contribution in [2.75, 3.05) is 5.32 Å². The van der Waals surface area contributed by atoms with Gasteiger partial charge in [-0.25, -0.2) is 0 Å². The van der Waals surface area contributed by atoms with Crippen LogP contribution in [0.5, 0.6) is 0 Å². The van der Waals surface area contributed by atoms with Crippen molar-refractivity contribution in [1.82, 2.24) is 0 Å². The minimum Gasteiger partial charge on any atom is -0.375 e. The third-order valence-corrected chi connectivity index (χ3v) is 5.61. The molecule has 0 bridgehead atoms. The van der Waals surface area contributed by atoms with E-state index in [0.29, 0.717) is 16.8 Å². The Bertz CT molecular complexity index is 893. The fourth-order valence-electron chi connectivity index (χ4n) is 3.45. The average Bonchev–Trinajstić information content (AvgIpc) is 2.77. The van der Waals surface area contributed by atoms with E-state index in [9.17, 15) is 14.7 Å². The van der Waals surface area contributed by atoms with Crippen molar-refractivity contribution in [3.63, 3.8) is 0 Å². The van der Waals surface area contributed by atoms with Gasteiger partial charge in [-0.15, -0.1) is 0 Å². The van der Waals surface area contributed by atoms with Crippen molar-refractivity contribution in [1.29, 1.82) is 0 Å². The molecule has 25 heavy (non-hydrogen) atoms. The van der Waals surface area contributed by atoms with Crippen molar-refractivity contribution in [3.05, 3.63) is 62.1 Å². The van der Waals surface area contributed by atoms with Gasteiger partial charge in [0.05, 0.1) is 6.42 Å². The zero-order chi connectivity index (χ0) is 18.5. The van der Waals surface area contributed by atoms with Gasteiger partial charge in [0.25, 0.3) is 5.91 Å². The van der Waals surface area contributed by atoms with Crippen molar-refractivity contribution in [2.45, 2.75) is 39.7 Å². The summed E-state index contributed by atoms with van der Waals surface area (Å²) in [4.78, 5) is 25.4. The third-order valence-electron chi connectivity index (χ3n) is 5.11. The van der Waals surface area contributed by atoms with E-state index in [4.69, 9.17) is 0 Å². The van der Waals surface area contributed by atoms with Gasteiger partial charge in [0.2, 0.25) is 0 Å². The Morgan fingerprint density at radius 3 is 2.32 bits per heavy atom. The molecule has 2 aromatic carbocycles. The van der Waals surface area contributed by atoms with Gasteiger partial charge in [0.15, 0.2) is 11.4 Å². The highest BCUT2D eigenvalue weighted by molar-refractivity contribution is 9.10. The van der Waals surface area contributed by atoms with E-state index in [2.05, 4.69) is 21.2 Å². The second-order valence-corrected chi connectivity index (χ2v) is 7.66. The normalized spacial score (nSPS) is 18.9. The number of aryl methyl sites for hydroxylation is 2. The van der Waals surface area contributed by atoms with Gasteiger partial charge in [-0.05, 0) is 68.1 Å². The number of nitrogens with one attached hydrogen (secondary N) is 1. The van der Waals surface area contributed by atoms with Crippen LogP contribution in [0.25, 0.3) is 0 Å². The Morgan fingerprint density at radius 1 is 1.12 bits per heavy atom. The number of carbonyl (C=O) groups excluding carboxylic acids is 2. The van der Waals surface area contributed by atoms with E-state index >= 15 is 0 Å². The quantitative estimate of drug-likeness (QED) is 0.760. The first-order valence-electron chi connectivity index (χ1n) is 8.09. The highest BCUT2D eigenvalue weighted by atomic mass is 79.9. The lowest BCUT2D eigenvalue weighted by Crippen LogP contribution is -2.36. The number of ketones is 1. The Hall–Kier alpha value is -1.98. The molecule has 3 rings (SSSR count). The van der Waals surface area contributed by atoms with Crippen molar-refractivity contribution in [2.24, 2.45) is 0 Å². The minimum atomic E-state index is -1.85. The van der Waals surface area contributed by atoms with Crippen LogP contribution >= 0.6 is 15.9 Å². The first kappa shape index (κ1) is 17.8. The average molecular weight is 402 g/mol. The summed E-state index contributed by atoms with van der Waals surface area (Å²) in [5.74, 6) is -0.791. The number of halogens is 1. The van der Waals surface area contributed by atoms with Crippen molar-refractivity contribution >= 4 is 33.3 Å². The molecule has 0 saturated carbocycles. The molecule has 1 aliphatic heterocycles. The van der Waals surface area contributed by atoms with Crippen LogP contribution in [0.2, 0.25) is 0 Å². The van der Waals surface area contributed by atoms with E-state index in [0.717, 1.165) is 26.7 Å². The van der Waals surface area contributed by atoms with Crippen LogP contribution in [-0.4, -0.2) is 16.8 Å². The van der Waals surface area contributed by atoms with Crippen LogP contribution in [0, 0.1) is 27.7 Å². The number of aliphatic hydroxyl groups is 1. The molecule has 0 aromatic heterocycles. The van der Waals surface area contributed by atoms with E-state index in [-0.39, 0.29) is 12.2 Å². The Kier molecular flexibility index (Phi) is 4.33. The predicted octanol–water partition coefficient (Wildman–Crippen LogP) is 4.10. The summed E-state index contributed by atoms with van der Waals surface area (Å²) >= 11 is 3.35. The number of fused-ring (bicyclic) bond motifs is 1. The maximum absolute atomic E-state index is 13.0. The molecule has 1 heterocycles. The molecule has 2 aromatic rings. The maximum atomic E-state index is 13.0. The largest absolute Gasteiger partial charge is 0.375 e. The lowest BCUT2D eigenvalue weighted by Gasteiger charge is -2.22. The first-order chi connectivity index (χ1) is 11.6. The number of amides is 1. The molecule has 0 radical (unpaired) electrons. The summed E-state index contributed by atoms with van der Waals surface area (Å²) in [6, 6.07) is 7.23. The number of benzene rings is 2. The second kappa shape index (κ2) is 6.07. The van der Waals surface area contributed by atoms with Crippen LogP contribution in [-0.2, 0) is 10.4 Å². The van der Waals surface area contributed by atoms with E-state index in [1.54, 1.807) is 18.2 Å². The zero-order valence-electron chi connectivity index (χ0n) is 14.7. The Balaban J connectivity index is 2.06. The van der Waals surface area contributed by atoms with Crippen LogP contribution in [0.15, 0.2) is 28.7 Å². The fourth-order valence-corrected chi connectivity index (χ4v) is 3.81. The highest BCUT2D eigenvalue weighted by Crippen LogP contribution is 2.41. The molecular weight excluding hydrogens is 382 g/mol. The molecule has 130 valence electrons. The van der Waals surface area contributed by atoms with Gasteiger partial charge in [-0.3, -0.25) is 9.59 Å². The van der Waals surface area contributed by atoms with Gasteiger partial charge in [-0.2, -0.15) is 0 Å². The number of carbonyl (C=O) groups is 2. The minimum absolute atomic E-state index is 0.229. The van der Waals surface area contributed by atoms with Crippen LogP contribution in [0.1, 0.15) is 44.6 Å². The zero-order valence-corrected chi connectivity index (χ0v) is 16.2. The number of rotatable bonds is 3. The lowest BCUT2D eigenvalue weighted by molar-refractivity contribution is -0.133. The van der Waals surface area contributed by atoms with Crippen molar-refractivity contribution in [3.8, 4) is 0 Å². The molecule has 1 unspecified atom stereocenters. The smallest absolute Gasteiger partial charge is 0.261 e. The summed E-state index contributed by atoms with van der Waals surface area (Å²) < 4.78 is 0.743. The van der Waals surface area contributed by atoms with Gasteiger partial charge in [-0.1, -0.05) is 22.0 Å². The Labute approximate surface area is 155 Å². The predicted molar refractivity (Wildman–Crippen MR) is 101 cm³/mol. The van der Waals surface area contributed by atoms with E-state index in [1.165, 1.54) is 0 Å². The number of Topliss-reactive ketones (excluding diaryl/α,β-unsaturated/α-hetero) is 1. The van der Waals surface area contributed by atoms with Crippen LogP contribution < -0.4 is 5.32 Å². The topological polar surface area (TPSA) is 66.4 Å². The van der Waals surface area contributed by atoms with Crippen molar-refractivity contribution < 1.29 is 14.7 Å². The molecule has 4 nitrogen and oxygen atoms in total. The van der Waals surface area contributed by atoms with Gasteiger partial charge < -0.3 is 10.4 Å². The molecule has 5 heteroatoms. The lowest BCUT2D eigenvalue weighted by atomic mass is 9.84. The molecule has 2 N–H and O–H groups in total. The summed E-state index contributed by atoms with van der Waals surface area (Å²) in [6.07, 6.45) is -0.285. The van der Waals surface area contributed by atoms with Crippen LogP contribution in [0.3, 0.4) is 0 Å². The number of hydrogen-bond acceptors (Lipinski definition) is 3. The molecule has 1 aliphatic rings. The first-order valence-corrected chi connectivity index (χ1v) is 8.89. The van der Waals surface area contributed by atoms with Gasteiger partial charge >= 0.3 is 0 Å². The Morgan fingerprint density at radius 2 is 1.72 bits per heavy atom.